The van der Waals surface area contributed by atoms with Crippen LogP contribution in [0.15, 0.2) is 35.8 Å². The lowest BCUT2D eigenvalue weighted by molar-refractivity contribution is -0.121. The van der Waals surface area contributed by atoms with Crippen molar-refractivity contribution in [1.82, 2.24) is 20.1 Å². The Bertz CT molecular complexity index is 914. The third-order valence-electron chi connectivity index (χ3n) is 4.41. The Morgan fingerprint density at radius 1 is 1.35 bits per heavy atom. The number of aryl methyl sites for hydroxylation is 2. The first-order valence-electron chi connectivity index (χ1n) is 8.55. The zero-order valence-electron chi connectivity index (χ0n) is 15.2. The van der Waals surface area contributed by atoms with Crippen LogP contribution in [0.25, 0.3) is 5.69 Å². The number of aromatic nitrogens is 3. The smallest absolute Gasteiger partial charge is 0.220 e. The van der Waals surface area contributed by atoms with E-state index in [1.54, 1.807) is 0 Å². The van der Waals surface area contributed by atoms with E-state index in [0.29, 0.717) is 18.0 Å². The maximum absolute atomic E-state index is 12.3. The van der Waals surface area contributed by atoms with Gasteiger partial charge in [-0.25, -0.2) is 9.67 Å². The fourth-order valence-electron chi connectivity index (χ4n) is 2.96. The summed E-state index contributed by atoms with van der Waals surface area (Å²) < 4.78 is 1.92. The van der Waals surface area contributed by atoms with Gasteiger partial charge in [-0.15, -0.1) is 11.3 Å². The molecule has 3 aromatic rings. The number of nitrogens with one attached hydrogen (secondary N) is 1. The molecule has 26 heavy (non-hydrogen) atoms. The highest BCUT2D eigenvalue weighted by Crippen LogP contribution is 2.22. The Labute approximate surface area is 157 Å². The molecule has 0 unspecified atom stereocenters. The van der Waals surface area contributed by atoms with E-state index in [-0.39, 0.29) is 11.9 Å². The summed E-state index contributed by atoms with van der Waals surface area (Å²) in [6.07, 6.45) is 2.81. The second-order valence-electron chi connectivity index (χ2n) is 6.35. The predicted molar refractivity (Wildman–Crippen MR) is 104 cm³/mol. The van der Waals surface area contributed by atoms with Crippen molar-refractivity contribution >= 4 is 22.4 Å². The molecule has 0 aliphatic rings. The minimum atomic E-state index is -0.110. The van der Waals surface area contributed by atoms with E-state index in [0.717, 1.165) is 28.2 Å². The third kappa shape index (κ3) is 3.94. The van der Waals surface area contributed by atoms with Gasteiger partial charge in [0.25, 0.3) is 0 Å². The van der Waals surface area contributed by atoms with Gasteiger partial charge in [-0.05, 0) is 38.8 Å². The number of thiazole rings is 1. The van der Waals surface area contributed by atoms with E-state index >= 15 is 0 Å². The van der Waals surface area contributed by atoms with Crippen LogP contribution in [0.1, 0.15) is 41.9 Å². The molecule has 0 bridgehead atoms. The fraction of sp³-hybridized carbons (Fsp3) is 0.316. The summed E-state index contributed by atoms with van der Waals surface area (Å²) in [7, 11) is 0. The Kier molecular flexibility index (Phi) is 5.37. The van der Waals surface area contributed by atoms with Crippen LogP contribution < -0.4 is 11.1 Å². The monoisotopic (exact) mass is 369 g/mol. The second-order valence-corrected chi connectivity index (χ2v) is 7.24. The Morgan fingerprint density at radius 3 is 2.81 bits per heavy atom. The number of hydrogen-bond acceptors (Lipinski definition) is 5. The lowest BCUT2D eigenvalue weighted by Gasteiger charge is -2.14. The van der Waals surface area contributed by atoms with Crippen molar-refractivity contribution in [2.75, 3.05) is 5.73 Å². The molecule has 7 heteroatoms. The van der Waals surface area contributed by atoms with Gasteiger partial charge < -0.3 is 11.1 Å². The van der Waals surface area contributed by atoms with Crippen molar-refractivity contribution < 1.29 is 4.79 Å². The summed E-state index contributed by atoms with van der Waals surface area (Å²) in [6.45, 7) is 6.06. The van der Waals surface area contributed by atoms with Crippen molar-refractivity contribution in [1.29, 1.82) is 0 Å². The van der Waals surface area contributed by atoms with Gasteiger partial charge in [0.1, 0.15) is 0 Å². The van der Waals surface area contributed by atoms with E-state index in [2.05, 4.69) is 28.4 Å². The Hall–Kier alpha value is -2.67. The van der Waals surface area contributed by atoms with Gasteiger partial charge in [0.05, 0.1) is 23.6 Å². The number of anilines is 1. The number of benzene rings is 1. The van der Waals surface area contributed by atoms with Gasteiger partial charge in [0.15, 0.2) is 5.13 Å². The molecule has 2 aromatic heterocycles. The van der Waals surface area contributed by atoms with Crippen LogP contribution in [0, 0.1) is 13.8 Å². The van der Waals surface area contributed by atoms with Crippen LogP contribution >= 0.6 is 11.3 Å². The number of carbonyl (C=O) groups excluding carboxylic acids is 1. The third-order valence-corrected chi connectivity index (χ3v) is 5.14. The van der Waals surface area contributed by atoms with E-state index in [4.69, 9.17) is 5.73 Å². The number of rotatable bonds is 6. The first kappa shape index (κ1) is 18.1. The van der Waals surface area contributed by atoms with Crippen molar-refractivity contribution in [2.45, 2.75) is 39.7 Å². The quantitative estimate of drug-likeness (QED) is 0.698. The molecule has 0 spiro atoms. The van der Waals surface area contributed by atoms with Gasteiger partial charge in [-0.3, -0.25) is 4.79 Å². The number of hydrogen-bond donors (Lipinski definition) is 2. The molecule has 0 saturated carbocycles. The zero-order valence-corrected chi connectivity index (χ0v) is 16.0. The van der Waals surface area contributed by atoms with Gasteiger partial charge in [-0.2, -0.15) is 5.10 Å². The maximum atomic E-state index is 12.3. The summed E-state index contributed by atoms with van der Waals surface area (Å²) in [4.78, 5) is 16.4. The zero-order chi connectivity index (χ0) is 18.7. The molecule has 0 saturated heterocycles. The molecule has 0 aliphatic heterocycles. The van der Waals surface area contributed by atoms with Crippen LogP contribution in [0.4, 0.5) is 5.13 Å². The summed E-state index contributed by atoms with van der Waals surface area (Å²) >= 11 is 1.39. The average Bonchev–Trinajstić information content (AvgIpc) is 3.19. The highest BCUT2D eigenvalue weighted by atomic mass is 32.1. The van der Waals surface area contributed by atoms with Gasteiger partial charge in [-0.1, -0.05) is 18.2 Å². The molecule has 136 valence electrons. The summed E-state index contributed by atoms with van der Waals surface area (Å²) in [5, 5.41) is 9.99. The van der Waals surface area contributed by atoms with Crippen LogP contribution in [0.3, 0.4) is 0 Å². The largest absolute Gasteiger partial charge is 0.375 e. The second kappa shape index (κ2) is 7.70. The van der Waals surface area contributed by atoms with E-state index in [1.807, 2.05) is 48.3 Å². The molecular weight excluding hydrogens is 346 g/mol. The van der Waals surface area contributed by atoms with Crippen molar-refractivity contribution in [3.63, 3.8) is 0 Å². The lowest BCUT2D eigenvalue weighted by atomic mass is 10.1. The number of para-hydroxylation sites is 1. The first-order chi connectivity index (χ1) is 12.5. The topological polar surface area (TPSA) is 85.8 Å². The lowest BCUT2D eigenvalue weighted by Crippen LogP contribution is -2.27. The van der Waals surface area contributed by atoms with Crippen LogP contribution in [-0.4, -0.2) is 20.7 Å². The summed E-state index contributed by atoms with van der Waals surface area (Å²) in [5.74, 6) is -0.00730. The first-order valence-corrected chi connectivity index (χ1v) is 9.43. The minimum Gasteiger partial charge on any atom is -0.375 e. The molecule has 3 rings (SSSR count). The molecule has 1 aromatic carbocycles. The van der Waals surface area contributed by atoms with Crippen molar-refractivity contribution in [3.8, 4) is 5.69 Å². The number of amides is 1. The highest BCUT2D eigenvalue weighted by Gasteiger charge is 2.17. The van der Waals surface area contributed by atoms with Crippen molar-refractivity contribution in [2.24, 2.45) is 0 Å². The molecule has 0 aliphatic carbocycles. The van der Waals surface area contributed by atoms with Crippen LogP contribution in [0.2, 0.25) is 0 Å². The average molecular weight is 369 g/mol. The van der Waals surface area contributed by atoms with E-state index in [1.165, 1.54) is 11.3 Å². The molecule has 2 heterocycles. The molecule has 0 radical (unpaired) electrons. The number of nitrogens with two attached hydrogens (primary N) is 1. The van der Waals surface area contributed by atoms with Crippen LogP contribution in [-0.2, 0) is 11.2 Å². The van der Waals surface area contributed by atoms with E-state index in [9.17, 15) is 4.79 Å². The Morgan fingerprint density at radius 2 is 2.12 bits per heavy atom. The molecule has 6 nitrogen and oxygen atoms in total. The van der Waals surface area contributed by atoms with Gasteiger partial charge in [0.2, 0.25) is 5.91 Å². The number of nitrogen functional groups attached to an aromatic ring is 1. The SMILES string of the molecule is Cc1ccccc1-n1ncc([C@H](C)NC(=O)CCc2csc(N)n2)c1C. The van der Waals surface area contributed by atoms with E-state index < -0.39 is 0 Å². The van der Waals surface area contributed by atoms with Gasteiger partial charge >= 0.3 is 0 Å². The normalized spacial score (nSPS) is 12.1. The van der Waals surface area contributed by atoms with Crippen LogP contribution in [0.5, 0.6) is 0 Å². The summed E-state index contributed by atoms with van der Waals surface area (Å²) in [5.41, 5.74) is 10.7. The molecule has 1 amide bonds. The molecule has 0 fully saturated rings. The number of carbonyl (C=O) groups is 1. The Balaban J connectivity index is 1.65. The standard InChI is InChI=1S/C19H23N5OS/c1-12-6-4-5-7-17(12)24-14(3)16(10-21-24)13(2)22-18(25)9-8-15-11-26-19(20)23-15/h4-7,10-11,13H,8-9H2,1-3H3,(H2,20,23)(H,22,25)/t13-/m0/s1. The molecule has 1 atom stereocenters. The fourth-order valence-corrected chi connectivity index (χ4v) is 3.56. The minimum absolute atomic E-state index is 0.00730. The van der Waals surface area contributed by atoms with Gasteiger partial charge in [0, 0.05) is 23.1 Å². The maximum Gasteiger partial charge on any atom is 0.220 e. The number of nitrogens with zero attached hydrogens (tertiary/aromatic N) is 3. The predicted octanol–water partition coefficient (Wildman–Crippen LogP) is 3.34. The van der Waals surface area contributed by atoms with Crippen molar-refractivity contribution in [3.05, 3.63) is 58.4 Å². The molecule has 3 N–H and O–H groups in total. The molecular formula is C19H23N5OS. The highest BCUT2D eigenvalue weighted by molar-refractivity contribution is 7.13. The summed E-state index contributed by atoms with van der Waals surface area (Å²) in [6, 6.07) is 8.01.